The van der Waals surface area contributed by atoms with Crippen molar-refractivity contribution in [3.8, 4) is 5.69 Å². The molecule has 1 atom stereocenters. The van der Waals surface area contributed by atoms with Crippen molar-refractivity contribution in [2.45, 2.75) is 26.8 Å². The van der Waals surface area contributed by atoms with Crippen LogP contribution in [-0.4, -0.2) is 21.5 Å². The third-order valence-corrected chi connectivity index (χ3v) is 8.07. The number of nitrogens with one attached hydrogen (secondary N) is 1. The summed E-state index contributed by atoms with van der Waals surface area (Å²) < 4.78 is 2.98. The van der Waals surface area contributed by atoms with E-state index in [0.717, 1.165) is 55.7 Å². The lowest BCUT2D eigenvalue weighted by molar-refractivity contribution is 0.815. The maximum Gasteiger partial charge on any atom is 0.179 e. The molecule has 1 N–H and O–H groups in total. The summed E-state index contributed by atoms with van der Waals surface area (Å²) in [4.78, 5) is 12.7. The maximum atomic E-state index is 5.32. The number of aryl methyl sites for hydroxylation is 3. The van der Waals surface area contributed by atoms with Crippen LogP contribution in [0.4, 0.5) is 22.9 Å². The van der Waals surface area contributed by atoms with Crippen LogP contribution in [0.3, 0.4) is 0 Å². The monoisotopic (exact) mass is 586 g/mol. The van der Waals surface area contributed by atoms with Gasteiger partial charge in [0.15, 0.2) is 17.5 Å². The van der Waals surface area contributed by atoms with Gasteiger partial charge in [-0.2, -0.15) is 5.10 Å². The molecule has 7 rings (SSSR count). The number of fused-ring (bicyclic) bond motifs is 4. The van der Waals surface area contributed by atoms with Crippen molar-refractivity contribution in [2.24, 2.45) is 9.98 Å². The van der Waals surface area contributed by atoms with Crippen LogP contribution in [0.5, 0.6) is 0 Å². The Balaban J connectivity index is 1.50. The fourth-order valence-corrected chi connectivity index (χ4v) is 5.91. The van der Waals surface area contributed by atoms with Gasteiger partial charge in [0.05, 0.1) is 28.8 Å². The van der Waals surface area contributed by atoms with E-state index in [2.05, 4.69) is 120 Å². The Labute approximate surface area is 241 Å². The molecule has 0 fully saturated rings. The highest BCUT2D eigenvalue weighted by Crippen LogP contribution is 2.48. The summed E-state index contributed by atoms with van der Waals surface area (Å²) in [6, 6.07) is 33.2. The van der Waals surface area contributed by atoms with E-state index in [1.165, 1.54) is 11.1 Å². The minimum Gasteiger partial charge on any atom is -0.337 e. The quantitative estimate of drug-likeness (QED) is 0.231. The van der Waals surface area contributed by atoms with E-state index >= 15 is 0 Å². The van der Waals surface area contributed by atoms with Gasteiger partial charge in [0.2, 0.25) is 0 Å². The normalized spacial score (nSPS) is 15.5. The van der Waals surface area contributed by atoms with Crippen molar-refractivity contribution in [3.63, 3.8) is 0 Å². The van der Waals surface area contributed by atoms with Crippen LogP contribution >= 0.6 is 15.9 Å². The Morgan fingerprint density at radius 3 is 2.38 bits per heavy atom. The highest BCUT2D eigenvalue weighted by Gasteiger charge is 2.41. The third-order valence-electron chi connectivity index (χ3n) is 7.57. The van der Waals surface area contributed by atoms with E-state index in [4.69, 9.17) is 15.1 Å². The molecule has 40 heavy (non-hydrogen) atoms. The molecule has 2 aliphatic heterocycles. The van der Waals surface area contributed by atoms with Crippen molar-refractivity contribution < 1.29 is 0 Å². The second-order valence-corrected chi connectivity index (χ2v) is 11.1. The number of rotatable bonds is 3. The number of hydrogen-bond acceptors (Lipinski definition) is 5. The molecule has 0 radical (unpaired) electrons. The Bertz CT molecular complexity index is 1840. The maximum absolute atomic E-state index is 5.32. The number of aromatic nitrogens is 2. The van der Waals surface area contributed by atoms with Gasteiger partial charge >= 0.3 is 0 Å². The highest BCUT2D eigenvalue weighted by atomic mass is 79.9. The second kappa shape index (κ2) is 9.61. The third kappa shape index (κ3) is 4.05. The topological polar surface area (TPSA) is 57.8 Å². The summed E-state index contributed by atoms with van der Waals surface area (Å²) in [5.74, 6) is 2.27. The summed E-state index contributed by atoms with van der Waals surface area (Å²) in [6.45, 7) is 6.32. The van der Waals surface area contributed by atoms with E-state index in [9.17, 15) is 0 Å². The minimum atomic E-state index is -0.161. The molecule has 0 unspecified atom stereocenters. The number of anilines is 2. The van der Waals surface area contributed by atoms with Crippen molar-refractivity contribution in [1.82, 2.24) is 9.78 Å². The van der Waals surface area contributed by atoms with Gasteiger partial charge in [-0.1, -0.05) is 64.5 Å². The summed E-state index contributed by atoms with van der Waals surface area (Å²) in [6.07, 6.45) is 0. The Morgan fingerprint density at radius 1 is 0.775 bits per heavy atom. The first-order valence-corrected chi connectivity index (χ1v) is 14.1. The van der Waals surface area contributed by atoms with Crippen molar-refractivity contribution in [1.29, 1.82) is 0 Å². The van der Waals surface area contributed by atoms with Gasteiger partial charge in [-0.15, -0.1) is 0 Å². The Morgan fingerprint density at radius 2 is 1.57 bits per heavy atom. The smallest absolute Gasteiger partial charge is 0.179 e. The molecule has 4 aromatic carbocycles. The lowest BCUT2D eigenvalue weighted by atomic mass is 9.93. The van der Waals surface area contributed by atoms with E-state index in [-0.39, 0.29) is 6.04 Å². The largest absolute Gasteiger partial charge is 0.337 e. The van der Waals surface area contributed by atoms with E-state index in [1.54, 1.807) is 0 Å². The predicted octanol–water partition coefficient (Wildman–Crippen LogP) is 8.36. The fraction of sp³-hybridized carbons (Fsp3) is 0.121. The lowest BCUT2D eigenvalue weighted by Crippen LogP contribution is -2.46. The molecule has 6 nitrogen and oxygen atoms in total. The van der Waals surface area contributed by atoms with Gasteiger partial charge in [0.25, 0.3) is 0 Å². The minimum absolute atomic E-state index is 0.161. The van der Waals surface area contributed by atoms with Crippen LogP contribution < -0.4 is 10.2 Å². The summed E-state index contributed by atoms with van der Waals surface area (Å²) in [7, 11) is 0. The molecular weight excluding hydrogens is 560 g/mol. The molecule has 2 aliphatic rings. The molecule has 196 valence electrons. The van der Waals surface area contributed by atoms with Gasteiger partial charge in [0, 0.05) is 15.7 Å². The summed E-state index contributed by atoms with van der Waals surface area (Å²) >= 11 is 3.71. The number of hydrogen-bond donors (Lipinski definition) is 1. The molecule has 0 bridgehead atoms. The molecule has 0 aliphatic carbocycles. The van der Waals surface area contributed by atoms with Gasteiger partial charge in [-0.25, -0.2) is 14.7 Å². The molecule has 3 heterocycles. The van der Waals surface area contributed by atoms with Gasteiger partial charge < -0.3 is 10.2 Å². The zero-order chi connectivity index (χ0) is 27.4. The molecule has 0 spiro atoms. The average Bonchev–Trinajstić information content (AvgIpc) is 3.30. The number of benzene rings is 4. The average molecular weight is 588 g/mol. The van der Waals surface area contributed by atoms with Crippen LogP contribution in [0.15, 0.2) is 112 Å². The molecule has 0 saturated carbocycles. The van der Waals surface area contributed by atoms with Crippen molar-refractivity contribution in [2.75, 3.05) is 10.2 Å². The molecule has 0 saturated heterocycles. The Hall–Kier alpha value is -4.49. The van der Waals surface area contributed by atoms with Crippen LogP contribution in [0.1, 0.15) is 34.0 Å². The predicted molar refractivity (Wildman–Crippen MR) is 167 cm³/mol. The first-order valence-electron chi connectivity index (χ1n) is 13.3. The first kappa shape index (κ1) is 24.5. The number of para-hydroxylation sites is 3. The van der Waals surface area contributed by atoms with E-state index < -0.39 is 0 Å². The van der Waals surface area contributed by atoms with Gasteiger partial charge in [0.1, 0.15) is 0 Å². The number of nitrogens with zero attached hydrogens (tertiary/aromatic N) is 5. The molecule has 7 heteroatoms. The Kier molecular flexibility index (Phi) is 5.90. The zero-order valence-corrected chi connectivity index (χ0v) is 24.0. The molecular formula is C33H27BrN6. The first-order chi connectivity index (χ1) is 19.5. The standard InChI is InChI=1S/C33H27BrN6/c1-20-16-17-25(18-21(20)2)35-31-33-37-32-29(22(3)38-40(32)26-12-5-4-6-13-26)30(23-10-9-11-24(34)19-23)39(33)28-15-8-7-14-27(28)36-31/h4-19,30H,1-3H3,(H,35,36)/t30-/m0/s1. The van der Waals surface area contributed by atoms with Gasteiger partial charge in [-0.05, 0) is 86.0 Å². The van der Waals surface area contributed by atoms with Crippen molar-refractivity contribution in [3.05, 3.63) is 129 Å². The fourth-order valence-electron chi connectivity index (χ4n) is 5.49. The second-order valence-electron chi connectivity index (χ2n) is 10.2. The van der Waals surface area contributed by atoms with Crippen LogP contribution in [0.2, 0.25) is 0 Å². The van der Waals surface area contributed by atoms with Gasteiger partial charge in [-0.3, -0.25) is 0 Å². The highest BCUT2D eigenvalue weighted by molar-refractivity contribution is 9.10. The molecule has 0 amide bonds. The number of amidine groups is 2. The number of aliphatic imine (C=N–C) groups is 2. The zero-order valence-electron chi connectivity index (χ0n) is 22.4. The van der Waals surface area contributed by atoms with E-state index in [1.807, 2.05) is 28.9 Å². The van der Waals surface area contributed by atoms with Crippen LogP contribution in [-0.2, 0) is 0 Å². The molecule has 1 aromatic heterocycles. The lowest BCUT2D eigenvalue weighted by Gasteiger charge is -2.40. The van der Waals surface area contributed by atoms with E-state index in [0.29, 0.717) is 5.84 Å². The van der Waals surface area contributed by atoms with Crippen molar-refractivity contribution >= 4 is 50.5 Å². The SMILES string of the molecule is Cc1ccc(NC2=Nc3ccccc3N3C2=Nc2c(c(C)nn2-c2ccccc2)[C@@H]3c2cccc(Br)c2)cc1C. The molecule has 5 aromatic rings. The van der Waals surface area contributed by atoms with Crippen LogP contribution in [0, 0.1) is 20.8 Å². The van der Waals surface area contributed by atoms with Crippen LogP contribution in [0.25, 0.3) is 5.69 Å². The number of halogens is 1. The summed E-state index contributed by atoms with van der Waals surface area (Å²) in [5.41, 5.74) is 9.47. The summed E-state index contributed by atoms with van der Waals surface area (Å²) in [5, 5.41) is 8.62.